The van der Waals surface area contributed by atoms with Gasteiger partial charge in [0.2, 0.25) is 0 Å². The van der Waals surface area contributed by atoms with Gasteiger partial charge in [0.25, 0.3) is 0 Å². The lowest BCUT2D eigenvalue weighted by Gasteiger charge is -2.38. The van der Waals surface area contributed by atoms with Crippen LogP contribution < -0.4 is 0 Å². The van der Waals surface area contributed by atoms with Crippen molar-refractivity contribution in [2.45, 2.75) is 42.8 Å². The van der Waals surface area contributed by atoms with Gasteiger partial charge in [-0.1, -0.05) is 30.3 Å². The summed E-state index contributed by atoms with van der Waals surface area (Å²) in [6.07, 6.45) is 2.72. The molecule has 1 aromatic heterocycles. The van der Waals surface area contributed by atoms with Crippen LogP contribution in [0.25, 0.3) is 26.1 Å². The number of ether oxygens (including phenoxy) is 1. The molecule has 28 heavy (non-hydrogen) atoms. The van der Waals surface area contributed by atoms with Crippen molar-refractivity contribution in [3.63, 3.8) is 0 Å². The molecule has 0 N–H and O–H groups in total. The number of fused-ring (bicyclic) bond motifs is 1. The summed E-state index contributed by atoms with van der Waals surface area (Å²) in [7, 11) is 0. The largest absolute Gasteiger partial charge is 0.465 e. The molecule has 1 aliphatic rings. The molecule has 0 saturated heterocycles. The molecule has 0 radical (unpaired) electrons. The molecule has 142 valence electrons. The first-order valence-corrected chi connectivity index (χ1v) is 10.9. The molecule has 0 unspecified atom stereocenters. The van der Waals surface area contributed by atoms with E-state index in [4.69, 9.17) is 11.3 Å². The van der Waals surface area contributed by atoms with Gasteiger partial charge in [0.05, 0.1) is 23.6 Å². The number of benzene rings is 2. The molecule has 1 saturated carbocycles. The van der Waals surface area contributed by atoms with Gasteiger partial charge < -0.3 is 4.74 Å². The molecule has 0 amide bonds. The number of hydrogen-bond acceptors (Lipinski definition) is 5. The van der Waals surface area contributed by atoms with Gasteiger partial charge in [0, 0.05) is 15.8 Å². The molecule has 0 atom stereocenters. The van der Waals surface area contributed by atoms with Gasteiger partial charge in [0.15, 0.2) is 5.69 Å². The van der Waals surface area contributed by atoms with E-state index >= 15 is 0 Å². The minimum absolute atomic E-state index is 0.110. The van der Waals surface area contributed by atoms with Crippen LogP contribution in [0.1, 0.15) is 31.9 Å². The number of aryl methyl sites for hydroxylation is 1. The van der Waals surface area contributed by atoms with Crippen LogP contribution in [0.4, 0.5) is 5.69 Å². The van der Waals surface area contributed by atoms with Crippen molar-refractivity contribution >= 4 is 45.0 Å². The van der Waals surface area contributed by atoms with Gasteiger partial charge in [-0.25, -0.2) is 4.85 Å². The predicted octanol–water partition coefficient (Wildman–Crippen LogP) is 6.40. The normalized spacial score (nSPS) is 15.0. The van der Waals surface area contributed by atoms with E-state index in [9.17, 15) is 4.79 Å². The Labute approximate surface area is 172 Å². The molecule has 3 aromatic rings. The van der Waals surface area contributed by atoms with Gasteiger partial charge in [-0.3, -0.25) is 4.79 Å². The highest BCUT2D eigenvalue weighted by Crippen LogP contribution is 2.52. The fraction of sp³-hybridized carbons (Fsp3) is 0.318. The minimum atomic E-state index is -0.491. The number of esters is 1. The van der Waals surface area contributed by atoms with Crippen molar-refractivity contribution in [1.29, 1.82) is 0 Å². The zero-order chi connectivity index (χ0) is 19.7. The van der Waals surface area contributed by atoms with Gasteiger partial charge in [-0.05, 0) is 56.3 Å². The van der Waals surface area contributed by atoms with E-state index in [1.807, 2.05) is 38.1 Å². The quantitative estimate of drug-likeness (QED) is 0.362. The van der Waals surface area contributed by atoms with Gasteiger partial charge in [-0.15, -0.1) is 11.8 Å². The molecule has 6 heteroatoms. The second-order valence-electron chi connectivity index (χ2n) is 6.91. The first-order valence-electron chi connectivity index (χ1n) is 9.31. The Morgan fingerprint density at radius 2 is 2.04 bits per heavy atom. The van der Waals surface area contributed by atoms with Crippen LogP contribution in [0.5, 0.6) is 0 Å². The highest BCUT2D eigenvalue weighted by Gasteiger charge is 2.47. The van der Waals surface area contributed by atoms with E-state index in [0.29, 0.717) is 12.3 Å². The summed E-state index contributed by atoms with van der Waals surface area (Å²) in [6.45, 7) is 11.5. The van der Waals surface area contributed by atoms with E-state index in [2.05, 4.69) is 21.4 Å². The Hall–Kier alpha value is -2.36. The van der Waals surface area contributed by atoms with Crippen LogP contribution in [0.15, 0.2) is 41.3 Å². The second-order valence-corrected chi connectivity index (χ2v) is 9.11. The van der Waals surface area contributed by atoms with Crippen molar-refractivity contribution in [2.24, 2.45) is 0 Å². The SMILES string of the molecule is [C-]#[N+]c1ccc(-c2c(SC3(C(=O)OCC)CCC3)ccc3c(C)nsc23)cc1. The van der Waals surface area contributed by atoms with Crippen molar-refractivity contribution in [3.8, 4) is 11.1 Å². The molecule has 1 aliphatic carbocycles. The summed E-state index contributed by atoms with van der Waals surface area (Å²) >= 11 is 3.12. The Morgan fingerprint density at radius 1 is 1.29 bits per heavy atom. The summed E-state index contributed by atoms with van der Waals surface area (Å²) in [5.74, 6) is -0.110. The first-order chi connectivity index (χ1) is 13.6. The molecule has 2 aromatic carbocycles. The summed E-state index contributed by atoms with van der Waals surface area (Å²) in [5.41, 5.74) is 3.77. The molecule has 1 heterocycles. The van der Waals surface area contributed by atoms with E-state index < -0.39 is 4.75 Å². The van der Waals surface area contributed by atoms with E-state index in [0.717, 1.165) is 51.1 Å². The lowest BCUT2D eigenvalue weighted by atomic mass is 9.84. The van der Waals surface area contributed by atoms with Crippen molar-refractivity contribution in [2.75, 3.05) is 6.61 Å². The molecule has 0 bridgehead atoms. The Kier molecular flexibility index (Phi) is 5.13. The van der Waals surface area contributed by atoms with Crippen molar-refractivity contribution < 1.29 is 9.53 Å². The number of carbonyl (C=O) groups is 1. The highest BCUT2D eigenvalue weighted by atomic mass is 32.2. The minimum Gasteiger partial charge on any atom is -0.465 e. The first kappa shape index (κ1) is 19.0. The number of carbonyl (C=O) groups excluding carboxylic acids is 1. The second kappa shape index (κ2) is 7.57. The number of thioether (sulfide) groups is 1. The summed E-state index contributed by atoms with van der Waals surface area (Å²) in [6, 6.07) is 11.9. The average molecular weight is 409 g/mol. The topological polar surface area (TPSA) is 43.5 Å². The zero-order valence-electron chi connectivity index (χ0n) is 15.8. The molecular weight excluding hydrogens is 388 g/mol. The summed E-state index contributed by atoms with van der Waals surface area (Å²) < 4.78 is 10.6. The molecule has 0 spiro atoms. The average Bonchev–Trinajstić information content (AvgIpc) is 3.05. The molecular formula is C22H20N2O2S2. The maximum atomic E-state index is 12.7. The number of aromatic nitrogens is 1. The van der Waals surface area contributed by atoms with Crippen molar-refractivity contribution in [3.05, 3.63) is 53.5 Å². The van der Waals surface area contributed by atoms with Gasteiger partial charge in [0.1, 0.15) is 4.75 Å². The zero-order valence-corrected chi connectivity index (χ0v) is 17.5. The fourth-order valence-electron chi connectivity index (χ4n) is 3.49. The maximum absolute atomic E-state index is 12.7. The predicted molar refractivity (Wildman–Crippen MR) is 115 cm³/mol. The van der Waals surface area contributed by atoms with Gasteiger partial charge >= 0.3 is 5.97 Å². The standard InChI is InChI=1S/C22H20N2O2S2/c1-4-26-21(25)22(12-5-13-22)27-18-11-10-17-14(2)24-28-20(17)19(18)15-6-8-16(23-3)9-7-15/h6-11H,4-5,12-13H2,1-2H3. The van der Waals surface area contributed by atoms with Crippen LogP contribution in [0, 0.1) is 13.5 Å². The Balaban J connectivity index is 1.84. The summed E-state index contributed by atoms with van der Waals surface area (Å²) in [4.78, 5) is 17.2. The summed E-state index contributed by atoms with van der Waals surface area (Å²) in [5, 5.41) is 1.14. The molecule has 4 rings (SSSR count). The Morgan fingerprint density at radius 3 is 2.64 bits per heavy atom. The fourth-order valence-corrected chi connectivity index (χ4v) is 6.03. The van der Waals surface area contributed by atoms with Crippen LogP contribution in [-0.4, -0.2) is 21.7 Å². The molecule has 4 nitrogen and oxygen atoms in total. The highest BCUT2D eigenvalue weighted by molar-refractivity contribution is 8.01. The molecule has 0 aliphatic heterocycles. The van der Waals surface area contributed by atoms with Crippen LogP contribution in [0.2, 0.25) is 0 Å². The number of nitrogens with zero attached hydrogens (tertiary/aromatic N) is 2. The lowest BCUT2D eigenvalue weighted by molar-refractivity contribution is -0.148. The molecule has 1 fully saturated rings. The monoisotopic (exact) mass is 408 g/mol. The van der Waals surface area contributed by atoms with Gasteiger partial charge in [-0.2, -0.15) is 4.37 Å². The van der Waals surface area contributed by atoms with Crippen LogP contribution >= 0.6 is 23.3 Å². The Bertz CT molecular complexity index is 1080. The van der Waals surface area contributed by atoms with E-state index in [-0.39, 0.29) is 5.97 Å². The van der Waals surface area contributed by atoms with Crippen LogP contribution in [-0.2, 0) is 9.53 Å². The maximum Gasteiger partial charge on any atom is 0.322 e. The van der Waals surface area contributed by atoms with E-state index in [1.165, 1.54) is 11.5 Å². The third kappa shape index (κ3) is 3.19. The number of rotatable bonds is 5. The smallest absolute Gasteiger partial charge is 0.322 e. The third-order valence-corrected chi connectivity index (χ3v) is 7.68. The number of hydrogen-bond donors (Lipinski definition) is 0. The van der Waals surface area contributed by atoms with Crippen LogP contribution in [0.3, 0.4) is 0 Å². The third-order valence-electron chi connectivity index (χ3n) is 5.18. The lowest BCUT2D eigenvalue weighted by Crippen LogP contribution is -2.43. The van der Waals surface area contributed by atoms with Crippen molar-refractivity contribution in [1.82, 2.24) is 4.37 Å². The van der Waals surface area contributed by atoms with E-state index in [1.54, 1.807) is 11.8 Å².